The fourth-order valence-electron chi connectivity index (χ4n) is 1.79. The van der Waals surface area contributed by atoms with Crippen LogP contribution < -0.4 is 5.32 Å². The lowest BCUT2D eigenvalue weighted by atomic mass is 10.4. The van der Waals surface area contributed by atoms with Crippen molar-refractivity contribution in [2.24, 2.45) is 0 Å². The molecular weight excluding hydrogens is 310 g/mol. The van der Waals surface area contributed by atoms with Crippen LogP contribution in [0.1, 0.15) is 6.92 Å². The van der Waals surface area contributed by atoms with Gasteiger partial charge in [-0.15, -0.1) is 11.3 Å². The number of benzene rings is 1. The second kappa shape index (κ2) is 5.99. The molecule has 0 aliphatic heterocycles. The molecule has 0 aliphatic carbocycles. The van der Waals surface area contributed by atoms with Crippen LogP contribution in [-0.4, -0.2) is 16.5 Å². The van der Waals surface area contributed by atoms with Crippen molar-refractivity contribution in [3.8, 4) is 0 Å². The van der Waals surface area contributed by atoms with Crippen molar-refractivity contribution in [2.75, 3.05) is 11.9 Å². The van der Waals surface area contributed by atoms with Crippen molar-refractivity contribution in [1.82, 2.24) is 9.97 Å². The predicted molar refractivity (Wildman–Crippen MR) is 87.2 cm³/mol. The van der Waals surface area contributed by atoms with E-state index in [2.05, 4.69) is 21.4 Å². The Kier molecular flexibility index (Phi) is 4.10. The molecule has 2 aromatic heterocycles. The molecule has 20 heavy (non-hydrogen) atoms. The molecule has 0 saturated heterocycles. The molecular formula is C14H12ClN3S2. The lowest BCUT2D eigenvalue weighted by Crippen LogP contribution is -2.02. The molecule has 0 fully saturated rings. The molecule has 6 heteroatoms. The van der Waals surface area contributed by atoms with Gasteiger partial charge in [0, 0.05) is 21.8 Å². The number of nitrogens with one attached hydrogen (secondary N) is 1. The number of hydrogen-bond donors (Lipinski definition) is 1. The summed E-state index contributed by atoms with van der Waals surface area (Å²) >= 11 is 9.26. The third kappa shape index (κ3) is 2.90. The van der Waals surface area contributed by atoms with Gasteiger partial charge in [0.2, 0.25) is 5.95 Å². The summed E-state index contributed by atoms with van der Waals surface area (Å²) in [5.74, 6) is 0.673. The summed E-state index contributed by atoms with van der Waals surface area (Å²) < 4.78 is 0. The van der Waals surface area contributed by atoms with Crippen LogP contribution in [0, 0.1) is 0 Å². The summed E-state index contributed by atoms with van der Waals surface area (Å²) in [5.41, 5.74) is 0. The highest BCUT2D eigenvalue weighted by Crippen LogP contribution is 2.35. The van der Waals surface area contributed by atoms with E-state index in [1.165, 1.54) is 0 Å². The van der Waals surface area contributed by atoms with Gasteiger partial charge in [-0.25, -0.2) is 9.97 Å². The summed E-state index contributed by atoms with van der Waals surface area (Å²) in [5, 5.41) is 7.98. The van der Waals surface area contributed by atoms with Crippen molar-refractivity contribution < 1.29 is 0 Å². The predicted octanol–water partition coefficient (Wildman–Crippen LogP) is 4.93. The molecule has 102 valence electrons. The van der Waals surface area contributed by atoms with Gasteiger partial charge in [0.15, 0.2) is 0 Å². The van der Waals surface area contributed by atoms with E-state index in [9.17, 15) is 0 Å². The minimum absolute atomic E-state index is 0.673. The molecule has 0 unspecified atom stereocenters. The minimum Gasteiger partial charge on any atom is -0.354 e. The maximum Gasteiger partial charge on any atom is 0.225 e. The number of hydrogen-bond acceptors (Lipinski definition) is 5. The van der Waals surface area contributed by atoms with Crippen LogP contribution in [-0.2, 0) is 0 Å². The molecule has 0 bridgehead atoms. The van der Waals surface area contributed by atoms with E-state index < -0.39 is 0 Å². The Bertz CT molecular complexity index is 742. The zero-order valence-corrected chi connectivity index (χ0v) is 13.1. The average Bonchev–Trinajstić information content (AvgIpc) is 2.87. The van der Waals surface area contributed by atoms with Crippen molar-refractivity contribution >= 4 is 50.9 Å². The third-order valence-electron chi connectivity index (χ3n) is 2.64. The smallest absolute Gasteiger partial charge is 0.225 e. The van der Waals surface area contributed by atoms with Crippen LogP contribution >= 0.6 is 34.7 Å². The molecule has 0 atom stereocenters. The Morgan fingerprint density at radius 1 is 1.30 bits per heavy atom. The highest BCUT2D eigenvalue weighted by atomic mass is 35.5. The van der Waals surface area contributed by atoms with E-state index in [0.29, 0.717) is 5.95 Å². The van der Waals surface area contributed by atoms with Crippen LogP contribution in [0.4, 0.5) is 5.95 Å². The van der Waals surface area contributed by atoms with Crippen LogP contribution in [0.3, 0.4) is 0 Å². The van der Waals surface area contributed by atoms with E-state index in [-0.39, 0.29) is 0 Å². The van der Waals surface area contributed by atoms with E-state index in [1.807, 2.05) is 36.6 Å². The highest BCUT2D eigenvalue weighted by Gasteiger charge is 2.10. The molecule has 0 spiro atoms. The van der Waals surface area contributed by atoms with Crippen molar-refractivity contribution in [3.05, 3.63) is 40.7 Å². The molecule has 0 radical (unpaired) electrons. The molecule has 0 saturated carbocycles. The first kappa shape index (κ1) is 13.7. The normalized spacial score (nSPS) is 10.9. The van der Waals surface area contributed by atoms with Gasteiger partial charge in [-0.3, -0.25) is 0 Å². The molecule has 0 aliphatic rings. The summed E-state index contributed by atoms with van der Waals surface area (Å²) in [6, 6.07) is 9.85. The largest absolute Gasteiger partial charge is 0.354 e. The van der Waals surface area contributed by atoms with Crippen molar-refractivity contribution in [2.45, 2.75) is 16.8 Å². The summed E-state index contributed by atoms with van der Waals surface area (Å²) in [4.78, 5) is 11.2. The molecule has 3 rings (SSSR count). The molecule has 0 amide bonds. The van der Waals surface area contributed by atoms with Crippen LogP contribution in [0.15, 0.2) is 45.6 Å². The third-order valence-corrected chi connectivity index (χ3v) is 4.67. The fraction of sp³-hybridized carbons (Fsp3) is 0.143. The van der Waals surface area contributed by atoms with E-state index in [4.69, 9.17) is 11.6 Å². The molecule has 3 nitrogen and oxygen atoms in total. The summed E-state index contributed by atoms with van der Waals surface area (Å²) in [6.07, 6.45) is 0. The van der Waals surface area contributed by atoms with Gasteiger partial charge in [-0.1, -0.05) is 29.4 Å². The maximum absolute atomic E-state index is 6.03. The van der Waals surface area contributed by atoms with Gasteiger partial charge in [0.25, 0.3) is 0 Å². The van der Waals surface area contributed by atoms with Crippen LogP contribution in [0.25, 0.3) is 10.2 Å². The Balaban J connectivity index is 2.02. The van der Waals surface area contributed by atoms with Gasteiger partial charge >= 0.3 is 0 Å². The van der Waals surface area contributed by atoms with E-state index in [0.717, 1.165) is 31.7 Å². The second-order valence-corrected chi connectivity index (χ2v) is 6.47. The Morgan fingerprint density at radius 3 is 3.00 bits per heavy atom. The van der Waals surface area contributed by atoms with Gasteiger partial charge in [-0.05, 0) is 36.6 Å². The summed E-state index contributed by atoms with van der Waals surface area (Å²) in [7, 11) is 0. The monoisotopic (exact) mass is 321 g/mol. The van der Waals surface area contributed by atoms with Crippen LogP contribution in [0.2, 0.25) is 5.02 Å². The lowest BCUT2D eigenvalue weighted by molar-refractivity contribution is 1.06. The fourth-order valence-corrected chi connectivity index (χ4v) is 3.83. The topological polar surface area (TPSA) is 37.8 Å². The second-order valence-electron chi connectivity index (χ2n) is 4.08. The number of nitrogens with zero attached hydrogens (tertiary/aromatic N) is 2. The number of rotatable bonds is 4. The Labute approximate surface area is 130 Å². The standard InChI is InChI=1S/C14H12ClN3S2/c1-2-16-14-17-12-11(6-7-19-12)13(18-14)20-10-5-3-4-9(15)8-10/h3-8H,2H2,1H3,(H,16,17,18). The first-order chi connectivity index (χ1) is 9.76. The van der Waals surface area contributed by atoms with Gasteiger partial charge < -0.3 is 5.32 Å². The number of anilines is 1. The molecule has 1 N–H and O–H groups in total. The average molecular weight is 322 g/mol. The number of thiophene rings is 1. The summed E-state index contributed by atoms with van der Waals surface area (Å²) in [6.45, 7) is 2.84. The maximum atomic E-state index is 6.03. The minimum atomic E-state index is 0.673. The number of halogens is 1. The van der Waals surface area contributed by atoms with Gasteiger partial charge in [-0.2, -0.15) is 0 Å². The van der Waals surface area contributed by atoms with Gasteiger partial charge in [0.05, 0.1) is 0 Å². The quantitative estimate of drug-likeness (QED) is 0.691. The highest BCUT2D eigenvalue weighted by molar-refractivity contribution is 7.99. The Hall–Kier alpha value is -1.30. The van der Waals surface area contributed by atoms with Crippen molar-refractivity contribution in [3.63, 3.8) is 0 Å². The SMILES string of the molecule is CCNc1nc(Sc2cccc(Cl)c2)c2ccsc2n1. The number of aromatic nitrogens is 2. The Morgan fingerprint density at radius 2 is 2.20 bits per heavy atom. The van der Waals surface area contributed by atoms with E-state index >= 15 is 0 Å². The van der Waals surface area contributed by atoms with Crippen molar-refractivity contribution in [1.29, 1.82) is 0 Å². The first-order valence-corrected chi connectivity index (χ1v) is 8.26. The zero-order chi connectivity index (χ0) is 13.9. The lowest BCUT2D eigenvalue weighted by Gasteiger charge is -2.06. The molecule has 3 aromatic rings. The van der Waals surface area contributed by atoms with Gasteiger partial charge in [0.1, 0.15) is 9.86 Å². The molecule has 1 aromatic carbocycles. The van der Waals surface area contributed by atoms with Crippen LogP contribution in [0.5, 0.6) is 0 Å². The molecule has 2 heterocycles. The zero-order valence-electron chi connectivity index (χ0n) is 10.8. The van der Waals surface area contributed by atoms with E-state index in [1.54, 1.807) is 23.1 Å². The first-order valence-electron chi connectivity index (χ1n) is 6.19. The number of fused-ring (bicyclic) bond motifs is 1.